The Balaban J connectivity index is 2.20. The molecule has 1 aromatic rings. The van der Waals surface area contributed by atoms with Gasteiger partial charge in [-0.1, -0.05) is 0 Å². The van der Waals surface area contributed by atoms with Gasteiger partial charge in [-0.25, -0.2) is 13.4 Å². The fourth-order valence-electron chi connectivity index (χ4n) is 2.24. The molecule has 1 aliphatic heterocycles. The van der Waals surface area contributed by atoms with Crippen LogP contribution in [0.1, 0.15) is 19.8 Å². The lowest BCUT2D eigenvalue weighted by Gasteiger charge is -2.21. The first-order chi connectivity index (χ1) is 9.55. The molecule has 6 nitrogen and oxygen atoms in total. The Morgan fingerprint density at radius 1 is 1.55 bits per heavy atom. The van der Waals surface area contributed by atoms with Gasteiger partial charge >= 0.3 is 0 Å². The Morgan fingerprint density at radius 2 is 2.35 bits per heavy atom. The highest BCUT2D eigenvalue weighted by atomic mass is 32.2. The minimum Gasteiger partial charge on any atom is -0.383 e. The first-order valence-electron chi connectivity index (χ1n) is 6.82. The number of hydrogen-bond donors (Lipinski definition) is 1. The van der Waals surface area contributed by atoms with Crippen LogP contribution in [0.15, 0.2) is 23.4 Å². The van der Waals surface area contributed by atoms with E-state index in [4.69, 9.17) is 4.74 Å². The van der Waals surface area contributed by atoms with E-state index in [1.54, 1.807) is 19.2 Å². The molecule has 1 aromatic heterocycles. The Hall–Kier alpha value is -1.18. The number of likely N-dealkylation sites (N-methyl/N-ethyl adjacent to an activating group) is 1. The SMILES string of the molecule is CCNc1cccnc1S(=O)(=O)N(C)CC1CCCO1. The van der Waals surface area contributed by atoms with Crippen LogP contribution in [0.3, 0.4) is 0 Å². The van der Waals surface area contributed by atoms with E-state index >= 15 is 0 Å². The number of anilines is 1. The van der Waals surface area contributed by atoms with Crippen LogP contribution in [0.25, 0.3) is 0 Å². The van der Waals surface area contributed by atoms with Gasteiger partial charge in [-0.3, -0.25) is 0 Å². The molecule has 1 N–H and O–H groups in total. The van der Waals surface area contributed by atoms with Crippen molar-refractivity contribution >= 4 is 15.7 Å². The molecule has 2 rings (SSSR count). The number of sulfonamides is 1. The molecule has 1 fully saturated rings. The van der Waals surface area contributed by atoms with Crippen LogP contribution in [0.5, 0.6) is 0 Å². The molecule has 1 saturated heterocycles. The molecule has 0 radical (unpaired) electrons. The van der Waals surface area contributed by atoms with Gasteiger partial charge in [0.15, 0.2) is 5.03 Å². The maximum absolute atomic E-state index is 12.6. The van der Waals surface area contributed by atoms with Crippen molar-refractivity contribution in [3.05, 3.63) is 18.3 Å². The van der Waals surface area contributed by atoms with Crippen LogP contribution in [0.4, 0.5) is 5.69 Å². The lowest BCUT2D eigenvalue weighted by atomic mass is 10.2. The average Bonchev–Trinajstić information content (AvgIpc) is 2.92. The molecule has 112 valence electrons. The van der Waals surface area contributed by atoms with Gasteiger partial charge in [0.1, 0.15) is 0 Å². The fourth-order valence-corrected chi connectivity index (χ4v) is 3.51. The van der Waals surface area contributed by atoms with E-state index in [1.807, 2.05) is 6.92 Å². The standard InChI is InChI=1S/C13H21N3O3S/c1-3-14-12-7-4-8-15-13(12)20(17,18)16(2)10-11-6-5-9-19-11/h4,7-8,11,14H,3,5-6,9-10H2,1-2H3. The number of hydrogen-bond acceptors (Lipinski definition) is 5. The highest BCUT2D eigenvalue weighted by molar-refractivity contribution is 7.89. The van der Waals surface area contributed by atoms with Crippen molar-refractivity contribution in [3.63, 3.8) is 0 Å². The molecule has 0 aliphatic carbocycles. The maximum atomic E-state index is 12.6. The zero-order chi connectivity index (χ0) is 14.6. The highest BCUT2D eigenvalue weighted by Gasteiger charge is 2.28. The van der Waals surface area contributed by atoms with Gasteiger partial charge in [-0.15, -0.1) is 0 Å². The van der Waals surface area contributed by atoms with Gasteiger partial charge in [0.2, 0.25) is 0 Å². The van der Waals surface area contributed by atoms with Crippen LogP contribution < -0.4 is 5.32 Å². The Labute approximate surface area is 120 Å². The van der Waals surface area contributed by atoms with Crippen molar-refractivity contribution in [1.29, 1.82) is 0 Å². The minimum atomic E-state index is -3.60. The Morgan fingerprint density at radius 3 is 3.00 bits per heavy atom. The van der Waals surface area contributed by atoms with Crippen molar-refractivity contribution in [2.75, 3.05) is 32.1 Å². The van der Waals surface area contributed by atoms with Gasteiger partial charge in [-0.05, 0) is 31.9 Å². The molecular weight excluding hydrogens is 278 g/mol. The topological polar surface area (TPSA) is 71.5 Å². The summed E-state index contributed by atoms with van der Waals surface area (Å²) in [7, 11) is -2.03. The number of pyridine rings is 1. The smallest absolute Gasteiger partial charge is 0.262 e. The van der Waals surface area contributed by atoms with Crippen LogP contribution in [0.2, 0.25) is 0 Å². The van der Waals surface area contributed by atoms with Crippen molar-refractivity contribution in [2.24, 2.45) is 0 Å². The van der Waals surface area contributed by atoms with Crippen LogP contribution in [-0.4, -0.2) is 50.6 Å². The summed E-state index contributed by atoms with van der Waals surface area (Å²) in [4.78, 5) is 4.03. The summed E-state index contributed by atoms with van der Waals surface area (Å²) in [5.74, 6) is 0. The van der Waals surface area contributed by atoms with Crippen LogP contribution in [-0.2, 0) is 14.8 Å². The monoisotopic (exact) mass is 299 g/mol. The lowest BCUT2D eigenvalue weighted by Crippen LogP contribution is -2.34. The zero-order valence-corrected chi connectivity index (χ0v) is 12.7. The van der Waals surface area contributed by atoms with Gasteiger partial charge in [0.25, 0.3) is 10.0 Å². The van der Waals surface area contributed by atoms with Crippen molar-refractivity contribution < 1.29 is 13.2 Å². The molecule has 0 spiro atoms. The Bertz CT molecular complexity index is 542. The first kappa shape index (κ1) is 15.2. The molecule has 20 heavy (non-hydrogen) atoms. The van der Waals surface area contributed by atoms with E-state index in [1.165, 1.54) is 10.5 Å². The minimum absolute atomic E-state index is 0.0129. The molecular formula is C13H21N3O3S. The largest absolute Gasteiger partial charge is 0.383 e. The summed E-state index contributed by atoms with van der Waals surface area (Å²) < 4.78 is 32.0. The second-order valence-electron chi connectivity index (χ2n) is 4.81. The molecule has 1 unspecified atom stereocenters. The van der Waals surface area contributed by atoms with Gasteiger partial charge in [0.05, 0.1) is 11.8 Å². The third-order valence-electron chi connectivity index (χ3n) is 3.28. The number of rotatable bonds is 6. The molecule has 7 heteroatoms. The zero-order valence-electron chi connectivity index (χ0n) is 11.9. The summed E-state index contributed by atoms with van der Waals surface area (Å²) in [6.45, 7) is 3.64. The third-order valence-corrected chi connectivity index (χ3v) is 5.06. The number of nitrogens with one attached hydrogen (secondary N) is 1. The van der Waals surface area contributed by atoms with Crippen LogP contribution in [0, 0.1) is 0 Å². The third kappa shape index (κ3) is 3.28. The predicted octanol–water partition coefficient (Wildman–Crippen LogP) is 1.31. The first-order valence-corrected chi connectivity index (χ1v) is 8.26. The van der Waals surface area contributed by atoms with E-state index in [-0.39, 0.29) is 11.1 Å². The van der Waals surface area contributed by atoms with E-state index in [0.29, 0.717) is 25.4 Å². The van der Waals surface area contributed by atoms with Crippen molar-refractivity contribution in [1.82, 2.24) is 9.29 Å². The van der Waals surface area contributed by atoms with Crippen molar-refractivity contribution in [2.45, 2.75) is 30.9 Å². The normalized spacial score (nSPS) is 19.4. The van der Waals surface area contributed by atoms with Gasteiger partial charge in [-0.2, -0.15) is 4.31 Å². The van der Waals surface area contributed by atoms with Crippen molar-refractivity contribution in [3.8, 4) is 0 Å². The summed E-state index contributed by atoms with van der Waals surface area (Å²) in [5.41, 5.74) is 0.536. The molecule has 0 aromatic carbocycles. The molecule has 2 heterocycles. The van der Waals surface area contributed by atoms with Gasteiger partial charge in [0, 0.05) is 32.9 Å². The summed E-state index contributed by atoms with van der Waals surface area (Å²) in [5, 5.41) is 3.10. The van der Waals surface area contributed by atoms with E-state index in [9.17, 15) is 8.42 Å². The summed E-state index contributed by atoms with van der Waals surface area (Å²) in [6.07, 6.45) is 3.38. The molecule has 0 saturated carbocycles. The van der Waals surface area contributed by atoms with E-state index < -0.39 is 10.0 Å². The second-order valence-corrected chi connectivity index (χ2v) is 6.77. The molecule has 1 aliphatic rings. The fraction of sp³-hybridized carbons (Fsp3) is 0.615. The molecule has 1 atom stereocenters. The molecule has 0 bridgehead atoms. The van der Waals surface area contributed by atoms with E-state index in [2.05, 4.69) is 10.3 Å². The molecule has 0 amide bonds. The maximum Gasteiger partial charge on any atom is 0.262 e. The van der Waals surface area contributed by atoms with Crippen LogP contribution >= 0.6 is 0 Å². The Kier molecular flexibility index (Phi) is 4.95. The van der Waals surface area contributed by atoms with E-state index in [0.717, 1.165) is 12.8 Å². The predicted molar refractivity (Wildman–Crippen MR) is 77.2 cm³/mol. The average molecular weight is 299 g/mol. The number of nitrogens with zero attached hydrogens (tertiary/aromatic N) is 2. The summed E-state index contributed by atoms with van der Waals surface area (Å²) >= 11 is 0. The quantitative estimate of drug-likeness (QED) is 0.857. The lowest BCUT2D eigenvalue weighted by molar-refractivity contribution is 0.0978. The second kappa shape index (κ2) is 6.51. The number of aromatic nitrogens is 1. The van der Waals surface area contributed by atoms with Gasteiger partial charge < -0.3 is 10.1 Å². The highest BCUT2D eigenvalue weighted by Crippen LogP contribution is 2.22. The number of ether oxygens (including phenoxy) is 1. The summed E-state index contributed by atoms with van der Waals surface area (Å²) in [6, 6.07) is 3.44.